The third kappa shape index (κ3) is 2.34. The van der Waals surface area contributed by atoms with Crippen molar-refractivity contribution < 1.29 is 14.6 Å². The van der Waals surface area contributed by atoms with E-state index in [2.05, 4.69) is 0 Å². The first-order valence-electron chi connectivity index (χ1n) is 6.07. The van der Waals surface area contributed by atoms with Gasteiger partial charge >= 0.3 is 5.97 Å². The van der Waals surface area contributed by atoms with E-state index in [0.717, 1.165) is 30.4 Å². The molecule has 1 aromatic rings. The predicted octanol–water partition coefficient (Wildman–Crippen LogP) is 2.41. The molecule has 17 heavy (non-hydrogen) atoms. The summed E-state index contributed by atoms with van der Waals surface area (Å²) in [5, 5.41) is 10.2. The van der Waals surface area contributed by atoms with Crippen molar-refractivity contribution >= 4 is 5.97 Å². The van der Waals surface area contributed by atoms with E-state index < -0.39 is 5.60 Å². The average molecular weight is 234 g/mol. The molecule has 1 aromatic carbocycles. The molecule has 1 N–H and O–H groups in total. The van der Waals surface area contributed by atoms with Crippen LogP contribution in [0.1, 0.15) is 48.2 Å². The third-order valence-corrected chi connectivity index (χ3v) is 3.31. The van der Waals surface area contributed by atoms with Gasteiger partial charge in [-0.25, -0.2) is 4.79 Å². The van der Waals surface area contributed by atoms with Crippen LogP contribution in [0.4, 0.5) is 0 Å². The molecule has 0 radical (unpaired) electrons. The Labute approximate surface area is 101 Å². The number of hydrogen-bond acceptors (Lipinski definition) is 3. The quantitative estimate of drug-likeness (QED) is 0.799. The summed E-state index contributed by atoms with van der Waals surface area (Å²) in [5.74, 6) is -0.291. The molecule has 0 aromatic heterocycles. The van der Waals surface area contributed by atoms with E-state index in [9.17, 15) is 9.90 Å². The number of esters is 1. The van der Waals surface area contributed by atoms with Crippen LogP contribution in [0, 0.1) is 0 Å². The largest absolute Gasteiger partial charge is 0.462 e. The van der Waals surface area contributed by atoms with Crippen molar-refractivity contribution in [2.24, 2.45) is 0 Å². The van der Waals surface area contributed by atoms with Crippen molar-refractivity contribution in [2.75, 3.05) is 6.61 Å². The van der Waals surface area contributed by atoms with Crippen LogP contribution in [0.25, 0.3) is 0 Å². The lowest BCUT2D eigenvalue weighted by molar-refractivity contribution is 0.0383. The first-order valence-corrected chi connectivity index (χ1v) is 6.07. The maximum Gasteiger partial charge on any atom is 0.338 e. The Balaban J connectivity index is 2.34. The van der Waals surface area contributed by atoms with Crippen LogP contribution in [0.5, 0.6) is 0 Å². The lowest BCUT2D eigenvalue weighted by Gasteiger charge is -2.31. The van der Waals surface area contributed by atoms with Gasteiger partial charge in [0.15, 0.2) is 0 Å². The van der Waals surface area contributed by atoms with Gasteiger partial charge in [0.25, 0.3) is 0 Å². The van der Waals surface area contributed by atoms with E-state index in [1.54, 1.807) is 13.0 Å². The van der Waals surface area contributed by atoms with Crippen molar-refractivity contribution in [1.29, 1.82) is 0 Å². The summed E-state index contributed by atoms with van der Waals surface area (Å²) in [5.41, 5.74) is 1.81. The molecule has 0 heterocycles. The van der Waals surface area contributed by atoms with Crippen LogP contribution in [-0.2, 0) is 16.8 Å². The van der Waals surface area contributed by atoms with Crippen LogP contribution >= 0.6 is 0 Å². The fraction of sp³-hybridized carbons (Fsp3) is 0.500. The number of hydrogen-bond donors (Lipinski definition) is 1. The second-order valence-electron chi connectivity index (χ2n) is 4.72. The third-order valence-electron chi connectivity index (χ3n) is 3.31. The molecule has 1 atom stereocenters. The number of rotatable bonds is 2. The fourth-order valence-electron chi connectivity index (χ4n) is 2.43. The molecule has 3 heteroatoms. The topological polar surface area (TPSA) is 46.5 Å². The van der Waals surface area contributed by atoms with Gasteiger partial charge in [-0.15, -0.1) is 0 Å². The van der Waals surface area contributed by atoms with E-state index in [1.807, 2.05) is 19.1 Å². The Morgan fingerprint density at radius 3 is 3.00 bits per heavy atom. The Kier molecular flexibility index (Phi) is 3.20. The summed E-state index contributed by atoms with van der Waals surface area (Å²) in [6, 6.07) is 5.43. The highest BCUT2D eigenvalue weighted by Crippen LogP contribution is 2.35. The van der Waals surface area contributed by atoms with Gasteiger partial charge in [-0.05, 0) is 56.4 Å². The highest BCUT2D eigenvalue weighted by atomic mass is 16.5. The lowest BCUT2D eigenvalue weighted by atomic mass is 9.80. The summed E-state index contributed by atoms with van der Waals surface area (Å²) in [4.78, 5) is 11.6. The number of aryl methyl sites for hydroxylation is 1. The maximum atomic E-state index is 11.6. The van der Waals surface area contributed by atoms with Crippen LogP contribution in [-0.4, -0.2) is 17.7 Å². The van der Waals surface area contributed by atoms with Crippen molar-refractivity contribution in [3.63, 3.8) is 0 Å². The lowest BCUT2D eigenvalue weighted by Crippen LogP contribution is -2.27. The Hall–Kier alpha value is -1.35. The van der Waals surface area contributed by atoms with Crippen LogP contribution in [0.2, 0.25) is 0 Å². The molecule has 0 saturated heterocycles. The number of carbonyl (C=O) groups is 1. The number of aliphatic hydroxyl groups is 1. The first kappa shape index (κ1) is 12.1. The van der Waals surface area contributed by atoms with Crippen LogP contribution in [0.3, 0.4) is 0 Å². The summed E-state index contributed by atoms with van der Waals surface area (Å²) in [6.07, 6.45) is 2.64. The fourth-order valence-corrected chi connectivity index (χ4v) is 2.43. The molecular weight excluding hydrogens is 216 g/mol. The van der Waals surface area contributed by atoms with Gasteiger partial charge in [-0.1, -0.05) is 6.07 Å². The van der Waals surface area contributed by atoms with Gasteiger partial charge in [-0.3, -0.25) is 0 Å². The highest BCUT2D eigenvalue weighted by Gasteiger charge is 2.29. The summed E-state index contributed by atoms with van der Waals surface area (Å²) in [7, 11) is 0. The molecule has 2 rings (SSSR count). The summed E-state index contributed by atoms with van der Waals surface area (Å²) >= 11 is 0. The Bertz CT molecular complexity index is 435. The van der Waals surface area contributed by atoms with Crippen LogP contribution in [0.15, 0.2) is 18.2 Å². The van der Waals surface area contributed by atoms with Crippen molar-refractivity contribution in [1.82, 2.24) is 0 Å². The van der Waals surface area contributed by atoms with Gasteiger partial charge in [0.05, 0.1) is 17.8 Å². The first-order chi connectivity index (χ1) is 8.04. The molecule has 0 aliphatic heterocycles. The van der Waals surface area contributed by atoms with Gasteiger partial charge in [-0.2, -0.15) is 0 Å². The average Bonchev–Trinajstić information content (AvgIpc) is 2.28. The van der Waals surface area contributed by atoms with Gasteiger partial charge < -0.3 is 9.84 Å². The van der Waals surface area contributed by atoms with E-state index in [0.29, 0.717) is 12.2 Å². The van der Waals surface area contributed by atoms with Crippen molar-refractivity contribution in [2.45, 2.75) is 38.7 Å². The Morgan fingerprint density at radius 2 is 2.29 bits per heavy atom. The number of carbonyl (C=O) groups excluding carboxylic acids is 1. The molecular formula is C14H18O3. The smallest absolute Gasteiger partial charge is 0.338 e. The highest BCUT2D eigenvalue weighted by molar-refractivity contribution is 5.89. The molecule has 1 aliphatic carbocycles. The zero-order valence-corrected chi connectivity index (χ0v) is 10.3. The molecule has 1 unspecified atom stereocenters. The molecule has 0 spiro atoms. The number of benzene rings is 1. The molecule has 0 saturated carbocycles. The van der Waals surface area contributed by atoms with Crippen LogP contribution < -0.4 is 0 Å². The Morgan fingerprint density at radius 1 is 1.53 bits per heavy atom. The summed E-state index contributed by atoms with van der Waals surface area (Å²) in [6.45, 7) is 4.00. The minimum atomic E-state index is -0.763. The van der Waals surface area contributed by atoms with Crippen molar-refractivity contribution in [3.05, 3.63) is 34.9 Å². The zero-order valence-electron chi connectivity index (χ0n) is 10.3. The second kappa shape index (κ2) is 4.49. The summed E-state index contributed by atoms with van der Waals surface area (Å²) < 4.78 is 4.97. The number of ether oxygens (including phenoxy) is 1. The minimum Gasteiger partial charge on any atom is -0.462 e. The van der Waals surface area contributed by atoms with Gasteiger partial charge in [0, 0.05) is 0 Å². The molecule has 1 aliphatic rings. The molecule has 0 fully saturated rings. The molecule has 3 nitrogen and oxygen atoms in total. The van der Waals surface area contributed by atoms with Gasteiger partial charge in [0.1, 0.15) is 0 Å². The maximum absolute atomic E-state index is 11.6. The van der Waals surface area contributed by atoms with E-state index in [1.165, 1.54) is 0 Å². The van der Waals surface area contributed by atoms with E-state index in [-0.39, 0.29) is 5.97 Å². The SMILES string of the molecule is CCOC(=O)c1ccc2c(c1)CCCC2(C)O. The monoisotopic (exact) mass is 234 g/mol. The molecule has 92 valence electrons. The van der Waals surface area contributed by atoms with E-state index in [4.69, 9.17) is 4.74 Å². The normalized spacial score (nSPS) is 23.0. The van der Waals surface area contributed by atoms with Gasteiger partial charge in [0.2, 0.25) is 0 Å². The predicted molar refractivity (Wildman–Crippen MR) is 64.9 cm³/mol. The zero-order chi connectivity index (χ0) is 12.5. The van der Waals surface area contributed by atoms with E-state index >= 15 is 0 Å². The van der Waals surface area contributed by atoms with Crippen molar-refractivity contribution in [3.8, 4) is 0 Å². The number of fused-ring (bicyclic) bond motifs is 1. The standard InChI is InChI=1S/C14H18O3/c1-3-17-13(15)11-6-7-12-10(9-11)5-4-8-14(12,2)16/h6-7,9,16H,3-5,8H2,1-2H3. The second-order valence-corrected chi connectivity index (χ2v) is 4.72. The molecule has 0 amide bonds. The minimum absolute atomic E-state index is 0.291. The molecule has 0 bridgehead atoms.